The zero-order valence-electron chi connectivity index (χ0n) is 10.3. The number of hydrogen-bond acceptors (Lipinski definition) is 1. The lowest BCUT2D eigenvalue weighted by Crippen LogP contribution is -2.06. The summed E-state index contributed by atoms with van der Waals surface area (Å²) in [5.74, 6) is 0.930. The van der Waals surface area contributed by atoms with Gasteiger partial charge < -0.3 is 4.74 Å². The first-order chi connectivity index (χ1) is 8.16. The topological polar surface area (TPSA) is 9.23 Å². The monoisotopic (exact) mass is 225 g/mol. The summed E-state index contributed by atoms with van der Waals surface area (Å²) < 4.78 is 5.81. The first kappa shape index (κ1) is 11.7. The molecule has 0 bridgehead atoms. The lowest BCUT2D eigenvalue weighted by molar-refractivity contribution is 0.243. The van der Waals surface area contributed by atoms with Crippen LogP contribution in [0.25, 0.3) is 11.1 Å². The third-order valence-corrected chi connectivity index (χ3v) is 2.51. The van der Waals surface area contributed by atoms with Gasteiger partial charge in [0.15, 0.2) is 0 Å². The van der Waals surface area contributed by atoms with Crippen LogP contribution >= 0.6 is 0 Å². The van der Waals surface area contributed by atoms with Crippen LogP contribution in [-0.2, 0) is 0 Å². The molecule has 0 aliphatic carbocycles. The summed E-state index contributed by atoms with van der Waals surface area (Å²) in [4.78, 5) is 0. The molecule has 0 heterocycles. The molecule has 0 N–H and O–H groups in total. The zero-order valence-corrected chi connectivity index (χ0v) is 10.3. The van der Waals surface area contributed by atoms with Crippen LogP contribution < -0.4 is 4.74 Å². The van der Waals surface area contributed by atoms with Crippen LogP contribution in [0.1, 0.15) is 19.4 Å². The minimum atomic E-state index is 0.184. The fraction of sp³-hybridized carbons (Fsp3) is 0.188. The number of para-hydroxylation sites is 1. The average Bonchev–Trinajstić information content (AvgIpc) is 2.30. The molecule has 0 saturated carbocycles. The molecular weight excluding hydrogens is 208 g/mol. The summed E-state index contributed by atoms with van der Waals surface area (Å²) >= 11 is 0. The SMILES string of the molecule is [CH2]c1ccc(-c2ccccc2OC(C)C)cc1. The molecule has 0 aliphatic rings. The summed E-state index contributed by atoms with van der Waals surface area (Å²) in [6.07, 6.45) is 0.184. The molecule has 0 fully saturated rings. The van der Waals surface area contributed by atoms with Crippen LogP contribution in [0.15, 0.2) is 48.5 Å². The highest BCUT2D eigenvalue weighted by molar-refractivity contribution is 5.70. The van der Waals surface area contributed by atoms with Crippen molar-refractivity contribution in [1.29, 1.82) is 0 Å². The van der Waals surface area contributed by atoms with Crippen molar-refractivity contribution in [3.05, 3.63) is 61.0 Å². The molecule has 2 aromatic carbocycles. The smallest absolute Gasteiger partial charge is 0.127 e. The minimum absolute atomic E-state index is 0.184. The molecule has 2 aromatic rings. The predicted molar refractivity (Wildman–Crippen MR) is 72.1 cm³/mol. The molecule has 0 unspecified atom stereocenters. The quantitative estimate of drug-likeness (QED) is 0.755. The highest BCUT2D eigenvalue weighted by Crippen LogP contribution is 2.30. The van der Waals surface area contributed by atoms with Crippen molar-refractivity contribution in [3.63, 3.8) is 0 Å². The van der Waals surface area contributed by atoms with E-state index < -0.39 is 0 Å². The molecule has 0 spiro atoms. The van der Waals surface area contributed by atoms with Gasteiger partial charge >= 0.3 is 0 Å². The number of rotatable bonds is 3. The number of benzene rings is 2. The second-order valence-electron chi connectivity index (χ2n) is 4.36. The van der Waals surface area contributed by atoms with Crippen molar-refractivity contribution >= 4 is 0 Å². The maximum absolute atomic E-state index is 5.81. The van der Waals surface area contributed by atoms with Crippen molar-refractivity contribution in [2.24, 2.45) is 0 Å². The van der Waals surface area contributed by atoms with Gasteiger partial charge in [0, 0.05) is 5.56 Å². The summed E-state index contributed by atoms with van der Waals surface area (Å²) in [6, 6.07) is 16.3. The van der Waals surface area contributed by atoms with Gasteiger partial charge in [-0.25, -0.2) is 0 Å². The highest BCUT2D eigenvalue weighted by Gasteiger charge is 2.06. The van der Waals surface area contributed by atoms with E-state index in [0.717, 1.165) is 22.4 Å². The number of ether oxygens (including phenoxy) is 1. The van der Waals surface area contributed by atoms with Crippen LogP contribution in [0.5, 0.6) is 5.75 Å². The first-order valence-electron chi connectivity index (χ1n) is 5.85. The fourth-order valence-corrected chi connectivity index (χ4v) is 1.75. The van der Waals surface area contributed by atoms with Crippen LogP contribution in [0.3, 0.4) is 0 Å². The molecular formula is C16H17O. The van der Waals surface area contributed by atoms with Gasteiger partial charge in [-0.05, 0) is 38.0 Å². The Kier molecular flexibility index (Phi) is 3.48. The Morgan fingerprint density at radius 3 is 2.24 bits per heavy atom. The molecule has 87 valence electrons. The van der Waals surface area contributed by atoms with Gasteiger partial charge in [-0.15, -0.1) is 0 Å². The summed E-state index contributed by atoms with van der Waals surface area (Å²) in [7, 11) is 0. The van der Waals surface area contributed by atoms with Crippen LogP contribution in [0.4, 0.5) is 0 Å². The molecule has 0 atom stereocenters. The third kappa shape index (κ3) is 2.88. The molecule has 1 radical (unpaired) electrons. The van der Waals surface area contributed by atoms with Crippen LogP contribution in [-0.4, -0.2) is 6.10 Å². The Bertz CT molecular complexity index is 483. The lowest BCUT2D eigenvalue weighted by atomic mass is 10.0. The molecule has 0 saturated heterocycles. The van der Waals surface area contributed by atoms with E-state index in [9.17, 15) is 0 Å². The van der Waals surface area contributed by atoms with E-state index in [1.807, 2.05) is 44.2 Å². The second kappa shape index (κ2) is 5.05. The average molecular weight is 225 g/mol. The molecule has 0 amide bonds. The van der Waals surface area contributed by atoms with Crippen LogP contribution in [0.2, 0.25) is 0 Å². The normalized spacial score (nSPS) is 10.6. The molecule has 17 heavy (non-hydrogen) atoms. The Hall–Kier alpha value is -1.76. The predicted octanol–water partition coefficient (Wildman–Crippen LogP) is 4.32. The van der Waals surface area contributed by atoms with E-state index in [4.69, 9.17) is 4.74 Å². The largest absolute Gasteiger partial charge is 0.490 e. The summed E-state index contributed by atoms with van der Waals surface area (Å²) in [5, 5.41) is 0. The van der Waals surface area contributed by atoms with Gasteiger partial charge in [0.25, 0.3) is 0 Å². The molecule has 1 heteroatoms. The Labute approximate surface area is 103 Å². The fourth-order valence-electron chi connectivity index (χ4n) is 1.75. The van der Waals surface area contributed by atoms with E-state index in [-0.39, 0.29) is 6.10 Å². The van der Waals surface area contributed by atoms with Gasteiger partial charge in [0.2, 0.25) is 0 Å². The van der Waals surface area contributed by atoms with Gasteiger partial charge in [0.05, 0.1) is 6.10 Å². The Morgan fingerprint density at radius 1 is 0.941 bits per heavy atom. The van der Waals surface area contributed by atoms with Gasteiger partial charge in [0.1, 0.15) is 5.75 Å². The molecule has 1 nitrogen and oxygen atoms in total. The van der Waals surface area contributed by atoms with Crippen molar-refractivity contribution in [3.8, 4) is 16.9 Å². The van der Waals surface area contributed by atoms with Crippen molar-refractivity contribution in [1.82, 2.24) is 0 Å². The van der Waals surface area contributed by atoms with E-state index in [1.54, 1.807) is 0 Å². The van der Waals surface area contributed by atoms with Crippen LogP contribution in [0, 0.1) is 6.92 Å². The molecule has 0 aliphatic heterocycles. The van der Waals surface area contributed by atoms with Crippen molar-refractivity contribution in [2.75, 3.05) is 0 Å². The van der Waals surface area contributed by atoms with Gasteiger partial charge in [-0.3, -0.25) is 0 Å². The zero-order chi connectivity index (χ0) is 12.3. The Morgan fingerprint density at radius 2 is 1.59 bits per heavy atom. The molecule has 0 aromatic heterocycles. The Balaban J connectivity index is 2.40. The third-order valence-electron chi connectivity index (χ3n) is 2.51. The maximum Gasteiger partial charge on any atom is 0.127 e. The lowest BCUT2D eigenvalue weighted by Gasteiger charge is -2.14. The second-order valence-corrected chi connectivity index (χ2v) is 4.36. The first-order valence-corrected chi connectivity index (χ1v) is 5.85. The van der Waals surface area contributed by atoms with Crippen molar-refractivity contribution in [2.45, 2.75) is 20.0 Å². The van der Waals surface area contributed by atoms with Gasteiger partial charge in [-0.1, -0.05) is 42.5 Å². The van der Waals surface area contributed by atoms with E-state index in [1.165, 1.54) is 0 Å². The molecule has 2 rings (SSSR count). The van der Waals surface area contributed by atoms with E-state index >= 15 is 0 Å². The minimum Gasteiger partial charge on any atom is -0.490 e. The van der Waals surface area contributed by atoms with E-state index in [2.05, 4.69) is 25.1 Å². The van der Waals surface area contributed by atoms with E-state index in [0.29, 0.717) is 0 Å². The summed E-state index contributed by atoms with van der Waals surface area (Å²) in [6.45, 7) is 7.97. The summed E-state index contributed by atoms with van der Waals surface area (Å²) in [5.41, 5.74) is 3.31. The maximum atomic E-state index is 5.81. The van der Waals surface area contributed by atoms with Crippen molar-refractivity contribution < 1.29 is 4.74 Å². The number of hydrogen-bond donors (Lipinski definition) is 0. The van der Waals surface area contributed by atoms with Gasteiger partial charge in [-0.2, -0.15) is 0 Å². The standard InChI is InChI=1S/C16H17O/c1-12(2)17-16-7-5-4-6-15(16)14-10-8-13(3)9-11-14/h4-12H,3H2,1-2H3. The highest BCUT2D eigenvalue weighted by atomic mass is 16.5.